The molecule has 134 valence electrons. The van der Waals surface area contributed by atoms with Gasteiger partial charge in [-0.2, -0.15) is 5.10 Å². The van der Waals surface area contributed by atoms with E-state index in [0.29, 0.717) is 5.92 Å². The minimum atomic E-state index is -0.348. The topological polar surface area (TPSA) is 41.3 Å². The van der Waals surface area contributed by atoms with Crippen LogP contribution in [0.25, 0.3) is 5.69 Å². The van der Waals surface area contributed by atoms with Gasteiger partial charge < -0.3 is 5.11 Å². The van der Waals surface area contributed by atoms with Crippen LogP contribution in [0.3, 0.4) is 0 Å². The fourth-order valence-corrected chi connectivity index (χ4v) is 3.77. The summed E-state index contributed by atoms with van der Waals surface area (Å²) in [6.07, 6.45) is 5.78. The number of para-hydroxylation sites is 1. The van der Waals surface area contributed by atoms with Crippen LogP contribution < -0.4 is 0 Å². The highest BCUT2D eigenvalue weighted by Gasteiger charge is 2.26. The molecule has 4 rings (SSSR count). The van der Waals surface area contributed by atoms with Crippen LogP contribution in [-0.4, -0.2) is 32.9 Å². The summed E-state index contributed by atoms with van der Waals surface area (Å²) in [5.41, 5.74) is 3.36. The van der Waals surface area contributed by atoms with E-state index in [9.17, 15) is 5.11 Å². The first-order chi connectivity index (χ1) is 12.8. The van der Waals surface area contributed by atoms with Gasteiger partial charge >= 0.3 is 0 Å². The average Bonchev–Trinajstić information content (AvgIpc) is 3.18. The van der Waals surface area contributed by atoms with Gasteiger partial charge in [0.1, 0.15) is 0 Å². The van der Waals surface area contributed by atoms with Gasteiger partial charge in [0.25, 0.3) is 0 Å². The average molecular weight is 347 g/mol. The standard InChI is InChI=1S/C22H25N3O/c26-22(19-7-3-1-4-8-19)20-11-13-24(14-12-20)16-18-15-23-25(17-18)21-9-5-2-6-10-21/h1-10,15,17,20,22,26H,11-14,16H2. The molecule has 1 atom stereocenters. The summed E-state index contributed by atoms with van der Waals surface area (Å²) in [5.74, 6) is 0.348. The van der Waals surface area contributed by atoms with Crippen LogP contribution >= 0.6 is 0 Å². The van der Waals surface area contributed by atoms with E-state index in [2.05, 4.69) is 28.3 Å². The maximum absolute atomic E-state index is 10.6. The van der Waals surface area contributed by atoms with Gasteiger partial charge in [-0.05, 0) is 49.5 Å². The number of nitrogens with zero attached hydrogens (tertiary/aromatic N) is 3. The van der Waals surface area contributed by atoms with Crippen molar-refractivity contribution in [3.8, 4) is 5.69 Å². The van der Waals surface area contributed by atoms with Gasteiger partial charge in [0, 0.05) is 18.3 Å². The Balaban J connectivity index is 1.32. The Morgan fingerprint density at radius 3 is 2.31 bits per heavy atom. The second kappa shape index (κ2) is 7.85. The largest absolute Gasteiger partial charge is 0.388 e. The number of rotatable bonds is 5. The quantitative estimate of drug-likeness (QED) is 0.763. The molecule has 1 aliphatic heterocycles. The molecule has 1 fully saturated rings. The van der Waals surface area contributed by atoms with Crippen LogP contribution in [0.5, 0.6) is 0 Å². The van der Waals surface area contributed by atoms with Gasteiger partial charge in [0.05, 0.1) is 18.0 Å². The SMILES string of the molecule is OC(c1ccccc1)C1CCN(Cc2cnn(-c3ccccc3)c2)CC1. The predicted molar refractivity (Wildman–Crippen MR) is 103 cm³/mol. The van der Waals surface area contributed by atoms with Crippen LogP contribution in [0.15, 0.2) is 73.1 Å². The van der Waals surface area contributed by atoms with Crippen molar-refractivity contribution in [1.82, 2.24) is 14.7 Å². The lowest BCUT2D eigenvalue weighted by molar-refractivity contribution is 0.0568. The molecule has 3 aromatic rings. The highest BCUT2D eigenvalue weighted by atomic mass is 16.3. The highest BCUT2D eigenvalue weighted by molar-refractivity contribution is 5.30. The van der Waals surface area contributed by atoms with Crippen molar-refractivity contribution in [1.29, 1.82) is 0 Å². The summed E-state index contributed by atoms with van der Waals surface area (Å²) in [6.45, 7) is 2.96. The first-order valence-electron chi connectivity index (χ1n) is 9.34. The van der Waals surface area contributed by atoms with E-state index in [0.717, 1.165) is 43.7 Å². The van der Waals surface area contributed by atoms with Crippen LogP contribution in [-0.2, 0) is 6.54 Å². The van der Waals surface area contributed by atoms with E-state index >= 15 is 0 Å². The van der Waals surface area contributed by atoms with Gasteiger partial charge in [-0.1, -0.05) is 48.5 Å². The zero-order valence-electron chi connectivity index (χ0n) is 14.9. The predicted octanol–water partition coefficient (Wildman–Crippen LogP) is 3.82. The fourth-order valence-electron chi connectivity index (χ4n) is 3.77. The van der Waals surface area contributed by atoms with Crippen molar-refractivity contribution >= 4 is 0 Å². The van der Waals surface area contributed by atoms with Crippen molar-refractivity contribution in [2.24, 2.45) is 5.92 Å². The third kappa shape index (κ3) is 3.87. The van der Waals surface area contributed by atoms with E-state index in [1.165, 1.54) is 5.56 Å². The summed E-state index contributed by atoms with van der Waals surface area (Å²) in [5, 5.41) is 15.1. The molecule has 1 saturated heterocycles. The zero-order valence-corrected chi connectivity index (χ0v) is 14.9. The van der Waals surface area contributed by atoms with Gasteiger partial charge in [0.2, 0.25) is 0 Å². The van der Waals surface area contributed by atoms with E-state index in [-0.39, 0.29) is 6.10 Å². The molecule has 0 spiro atoms. The Labute approximate surface area is 154 Å². The Kier molecular flexibility index (Phi) is 5.14. The molecule has 1 aliphatic rings. The minimum absolute atomic E-state index is 0.348. The zero-order chi connectivity index (χ0) is 17.8. The molecular weight excluding hydrogens is 322 g/mol. The van der Waals surface area contributed by atoms with Crippen molar-refractivity contribution in [3.05, 3.63) is 84.2 Å². The van der Waals surface area contributed by atoms with Crippen molar-refractivity contribution in [2.45, 2.75) is 25.5 Å². The Morgan fingerprint density at radius 2 is 1.62 bits per heavy atom. The third-order valence-corrected chi connectivity index (χ3v) is 5.28. The lowest BCUT2D eigenvalue weighted by atomic mass is 9.87. The summed E-state index contributed by atoms with van der Waals surface area (Å²) in [7, 11) is 0. The first kappa shape index (κ1) is 17.0. The number of hydrogen-bond donors (Lipinski definition) is 1. The van der Waals surface area contributed by atoms with E-state index in [1.54, 1.807) is 0 Å². The van der Waals surface area contributed by atoms with E-state index in [1.807, 2.05) is 59.4 Å². The van der Waals surface area contributed by atoms with Crippen LogP contribution in [0, 0.1) is 5.92 Å². The third-order valence-electron chi connectivity index (χ3n) is 5.28. The lowest BCUT2D eigenvalue weighted by Crippen LogP contribution is -2.35. The maximum atomic E-state index is 10.6. The molecule has 1 aromatic heterocycles. The Morgan fingerprint density at radius 1 is 0.962 bits per heavy atom. The second-order valence-electron chi connectivity index (χ2n) is 7.10. The summed E-state index contributed by atoms with van der Waals surface area (Å²) in [4.78, 5) is 2.46. The van der Waals surface area contributed by atoms with Crippen molar-refractivity contribution in [2.75, 3.05) is 13.1 Å². The second-order valence-corrected chi connectivity index (χ2v) is 7.10. The smallest absolute Gasteiger partial charge is 0.0819 e. The molecule has 0 saturated carbocycles. The first-order valence-corrected chi connectivity index (χ1v) is 9.34. The lowest BCUT2D eigenvalue weighted by Gasteiger charge is -2.34. The number of piperidine rings is 1. The van der Waals surface area contributed by atoms with Crippen LogP contribution in [0.1, 0.15) is 30.1 Å². The molecule has 1 unspecified atom stereocenters. The molecule has 2 heterocycles. The normalized spacial score (nSPS) is 17.3. The summed E-state index contributed by atoms with van der Waals surface area (Å²) < 4.78 is 1.93. The molecule has 0 amide bonds. The van der Waals surface area contributed by atoms with Gasteiger partial charge in [-0.15, -0.1) is 0 Å². The number of hydrogen-bond acceptors (Lipinski definition) is 3. The summed E-state index contributed by atoms with van der Waals surface area (Å²) in [6, 6.07) is 20.2. The highest BCUT2D eigenvalue weighted by Crippen LogP contribution is 2.31. The molecule has 0 bridgehead atoms. The molecule has 0 aliphatic carbocycles. The number of aliphatic hydroxyl groups excluding tert-OH is 1. The summed E-state index contributed by atoms with van der Waals surface area (Å²) >= 11 is 0. The Bertz CT molecular complexity index is 808. The van der Waals surface area contributed by atoms with Crippen molar-refractivity contribution in [3.63, 3.8) is 0 Å². The monoisotopic (exact) mass is 347 g/mol. The van der Waals surface area contributed by atoms with Crippen LogP contribution in [0.4, 0.5) is 0 Å². The number of aromatic nitrogens is 2. The van der Waals surface area contributed by atoms with Gasteiger partial charge in [-0.3, -0.25) is 4.90 Å². The molecule has 1 N–H and O–H groups in total. The molecule has 0 radical (unpaired) electrons. The number of likely N-dealkylation sites (tertiary alicyclic amines) is 1. The molecule has 4 nitrogen and oxygen atoms in total. The number of aliphatic hydroxyl groups is 1. The minimum Gasteiger partial charge on any atom is -0.388 e. The van der Waals surface area contributed by atoms with Crippen LogP contribution in [0.2, 0.25) is 0 Å². The van der Waals surface area contributed by atoms with Gasteiger partial charge in [-0.25, -0.2) is 4.68 Å². The maximum Gasteiger partial charge on any atom is 0.0819 e. The van der Waals surface area contributed by atoms with Gasteiger partial charge in [0.15, 0.2) is 0 Å². The molecule has 4 heteroatoms. The molecule has 26 heavy (non-hydrogen) atoms. The molecule has 2 aromatic carbocycles. The number of benzene rings is 2. The van der Waals surface area contributed by atoms with Crippen molar-refractivity contribution < 1.29 is 5.11 Å². The van der Waals surface area contributed by atoms with E-state index in [4.69, 9.17) is 0 Å². The fraction of sp³-hybridized carbons (Fsp3) is 0.318. The Hall–Kier alpha value is -2.43. The molecular formula is C22H25N3O. The van der Waals surface area contributed by atoms with E-state index < -0.39 is 0 Å².